The molecule has 0 fully saturated rings. The Balaban J connectivity index is 1.52. The van der Waals surface area contributed by atoms with Crippen molar-refractivity contribution in [2.75, 3.05) is 5.32 Å². The van der Waals surface area contributed by atoms with Gasteiger partial charge in [0.1, 0.15) is 11.6 Å². The van der Waals surface area contributed by atoms with Crippen molar-refractivity contribution in [3.63, 3.8) is 0 Å². The number of nitrogens with one attached hydrogen (secondary N) is 2. The van der Waals surface area contributed by atoms with Crippen molar-refractivity contribution in [3.05, 3.63) is 65.2 Å². The molecule has 31 heavy (non-hydrogen) atoms. The van der Waals surface area contributed by atoms with Crippen LogP contribution in [0.1, 0.15) is 41.0 Å². The number of primary amides is 1. The van der Waals surface area contributed by atoms with Gasteiger partial charge in [-0.15, -0.1) is 10.2 Å². The topological polar surface area (TPSA) is 115 Å². The number of urea groups is 1. The summed E-state index contributed by atoms with van der Waals surface area (Å²) >= 11 is 0. The zero-order chi connectivity index (χ0) is 21.8. The number of aryl methyl sites for hydroxylation is 1. The van der Waals surface area contributed by atoms with E-state index in [-0.39, 0.29) is 12.2 Å². The van der Waals surface area contributed by atoms with E-state index in [4.69, 9.17) is 5.73 Å². The molecular weight excluding hydrogens is 399 g/mol. The first-order valence-electron chi connectivity index (χ1n) is 10.2. The van der Waals surface area contributed by atoms with Gasteiger partial charge in [0.25, 0.3) is 5.91 Å². The molecule has 0 saturated carbocycles. The molecule has 9 heteroatoms. The number of aromatic nitrogens is 3. The fourth-order valence-electron chi connectivity index (χ4n) is 3.62. The maximum atomic E-state index is 14.4. The van der Waals surface area contributed by atoms with Crippen LogP contribution in [-0.2, 0) is 19.5 Å². The lowest BCUT2D eigenvalue weighted by Crippen LogP contribution is -2.28. The Morgan fingerprint density at radius 3 is 2.65 bits per heavy atom. The summed E-state index contributed by atoms with van der Waals surface area (Å²) in [4.78, 5) is 23.4. The van der Waals surface area contributed by atoms with Crippen LogP contribution in [0.2, 0.25) is 0 Å². The maximum Gasteiger partial charge on any atom is 0.312 e. The standard InChI is InChI=1S/C22H23FN6O2/c23-17-10-9-16(20-28-27-19-4-2-1-3-11-29(19)20)12-18(17)26-21(30)15-7-5-14(6-8-15)13-25-22(24)31/h5-10,12H,1-4,11,13H2,(H,26,30)(H3,24,25,31). The number of halogens is 1. The molecule has 1 aliphatic rings. The molecular formula is C22H23FN6O2. The van der Waals surface area contributed by atoms with Crippen LogP contribution in [0.5, 0.6) is 0 Å². The normalized spacial score (nSPS) is 13.2. The zero-order valence-electron chi connectivity index (χ0n) is 16.9. The lowest BCUT2D eigenvalue weighted by atomic mass is 10.1. The summed E-state index contributed by atoms with van der Waals surface area (Å²) in [6, 6.07) is 10.5. The molecule has 3 aromatic rings. The first kappa shape index (κ1) is 20.5. The molecule has 4 N–H and O–H groups in total. The summed E-state index contributed by atoms with van der Waals surface area (Å²) in [6.07, 6.45) is 4.15. The Morgan fingerprint density at radius 1 is 1.06 bits per heavy atom. The molecule has 0 saturated heterocycles. The summed E-state index contributed by atoms with van der Waals surface area (Å²) in [5, 5.41) is 13.7. The summed E-state index contributed by atoms with van der Waals surface area (Å²) in [7, 11) is 0. The summed E-state index contributed by atoms with van der Waals surface area (Å²) < 4.78 is 16.5. The number of carbonyl (C=O) groups excluding carboxylic acids is 2. The van der Waals surface area contributed by atoms with Crippen LogP contribution >= 0.6 is 0 Å². The maximum absolute atomic E-state index is 14.4. The minimum atomic E-state index is -0.623. The molecule has 2 heterocycles. The molecule has 0 aliphatic carbocycles. The summed E-state index contributed by atoms with van der Waals surface area (Å²) in [5.74, 6) is 0.646. The van der Waals surface area contributed by atoms with Crippen LogP contribution in [0.15, 0.2) is 42.5 Å². The van der Waals surface area contributed by atoms with Crippen LogP contribution in [0.3, 0.4) is 0 Å². The Kier molecular flexibility index (Phi) is 5.92. The quantitative estimate of drug-likeness (QED) is 0.585. The van der Waals surface area contributed by atoms with Crippen molar-refractivity contribution in [2.45, 2.75) is 38.8 Å². The number of anilines is 1. The van der Waals surface area contributed by atoms with E-state index in [1.807, 2.05) is 0 Å². The highest BCUT2D eigenvalue weighted by molar-refractivity contribution is 6.04. The van der Waals surface area contributed by atoms with E-state index < -0.39 is 17.8 Å². The van der Waals surface area contributed by atoms with Crippen LogP contribution in [0.4, 0.5) is 14.9 Å². The third-order valence-electron chi connectivity index (χ3n) is 5.27. The average Bonchev–Trinajstić information content (AvgIpc) is 3.02. The van der Waals surface area contributed by atoms with Gasteiger partial charge < -0.3 is 20.9 Å². The van der Waals surface area contributed by atoms with E-state index in [2.05, 4.69) is 25.4 Å². The van der Waals surface area contributed by atoms with E-state index >= 15 is 0 Å². The second-order valence-electron chi connectivity index (χ2n) is 7.47. The van der Waals surface area contributed by atoms with Gasteiger partial charge in [-0.25, -0.2) is 9.18 Å². The SMILES string of the molecule is NC(=O)NCc1ccc(C(=O)Nc2cc(-c3nnc4n3CCCCC4)ccc2F)cc1. The monoisotopic (exact) mass is 422 g/mol. The Labute approximate surface area is 178 Å². The summed E-state index contributed by atoms with van der Waals surface area (Å²) in [5.41, 5.74) is 6.98. The molecule has 4 rings (SSSR count). The largest absolute Gasteiger partial charge is 0.352 e. The molecule has 0 bridgehead atoms. The van der Waals surface area contributed by atoms with Crippen molar-refractivity contribution < 1.29 is 14.0 Å². The molecule has 8 nitrogen and oxygen atoms in total. The first-order chi connectivity index (χ1) is 15.0. The van der Waals surface area contributed by atoms with Crippen LogP contribution < -0.4 is 16.4 Å². The van der Waals surface area contributed by atoms with Gasteiger partial charge >= 0.3 is 6.03 Å². The van der Waals surface area contributed by atoms with E-state index in [9.17, 15) is 14.0 Å². The summed E-state index contributed by atoms with van der Waals surface area (Å²) in [6.45, 7) is 1.09. The number of carbonyl (C=O) groups is 2. The number of hydrogen-bond donors (Lipinski definition) is 3. The van der Waals surface area contributed by atoms with E-state index in [1.165, 1.54) is 6.07 Å². The number of rotatable bonds is 5. The zero-order valence-corrected chi connectivity index (χ0v) is 16.9. The fraction of sp³-hybridized carbons (Fsp3) is 0.273. The average molecular weight is 422 g/mol. The van der Waals surface area contributed by atoms with Gasteiger partial charge in [0.05, 0.1) is 5.69 Å². The number of hydrogen-bond acceptors (Lipinski definition) is 4. The van der Waals surface area contributed by atoms with Crippen molar-refractivity contribution >= 4 is 17.6 Å². The fourth-order valence-corrected chi connectivity index (χ4v) is 3.62. The van der Waals surface area contributed by atoms with Crippen LogP contribution in [-0.4, -0.2) is 26.7 Å². The van der Waals surface area contributed by atoms with E-state index in [0.717, 1.165) is 43.6 Å². The van der Waals surface area contributed by atoms with Crippen LogP contribution in [0, 0.1) is 5.82 Å². The van der Waals surface area contributed by atoms with E-state index in [1.54, 1.807) is 36.4 Å². The lowest BCUT2D eigenvalue weighted by Gasteiger charge is -2.11. The van der Waals surface area contributed by atoms with Gasteiger partial charge in [-0.2, -0.15) is 0 Å². The van der Waals surface area contributed by atoms with Gasteiger partial charge in [0, 0.05) is 30.6 Å². The lowest BCUT2D eigenvalue weighted by molar-refractivity contribution is 0.102. The molecule has 3 amide bonds. The Hall–Kier alpha value is -3.75. The van der Waals surface area contributed by atoms with Gasteiger partial charge in [0.15, 0.2) is 5.82 Å². The highest BCUT2D eigenvalue weighted by Gasteiger charge is 2.18. The first-order valence-corrected chi connectivity index (χ1v) is 10.2. The molecule has 1 aliphatic heterocycles. The number of benzene rings is 2. The van der Waals surface area contributed by atoms with Crippen molar-refractivity contribution in [3.8, 4) is 11.4 Å². The minimum Gasteiger partial charge on any atom is -0.352 e. The van der Waals surface area contributed by atoms with E-state index in [0.29, 0.717) is 17.0 Å². The number of nitrogens with zero attached hydrogens (tertiary/aromatic N) is 3. The van der Waals surface area contributed by atoms with Gasteiger partial charge in [-0.1, -0.05) is 18.6 Å². The molecule has 0 unspecified atom stereocenters. The van der Waals surface area contributed by atoms with Crippen molar-refractivity contribution in [1.29, 1.82) is 0 Å². The number of nitrogens with two attached hydrogens (primary N) is 1. The molecule has 1 aromatic heterocycles. The van der Waals surface area contributed by atoms with Crippen molar-refractivity contribution in [1.82, 2.24) is 20.1 Å². The smallest absolute Gasteiger partial charge is 0.312 e. The highest BCUT2D eigenvalue weighted by atomic mass is 19.1. The molecule has 160 valence electrons. The number of fused-ring (bicyclic) bond motifs is 1. The molecule has 0 radical (unpaired) electrons. The second-order valence-corrected chi connectivity index (χ2v) is 7.47. The Bertz CT molecular complexity index is 1110. The van der Waals surface area contributed by atoms with Gasteiger partial charge in [-0.3, -0.25) is 4.79 Å². The minimum absolute atomic E-state index is 0.0768. The third kappa shape index (κ3) is 4.71. The van der Waals surface area contributed by atoms with Gasteiger partial charge in [-0.05, 0) is 48.7 Å². The highest BCUT2D eigenvalue weighted by Crippen LogP contribution is 2.27. The van der Waals surface area contributed by atoms with Gasteiger partial charge in [0.2, 0.25) is 0 Å². The molecule has 0 atom stereocenters. The second kappa shape index (κ2) is 8.95. The molecule has 0 spiro atoms. The third-order valence-corrected chi connectivity index (χ3v) is 5.27. The number of amides is 3. The molecule has 2 aromatic carbocycles. The Morgan fingerprint density at radius 2 is 1.87 bits per heavy atom. The predicted octanol–water partition coefficient (Wildman–Crippen LogP) is 3.23. The van der Waals surface area contributed by atoms with Crippen LogP contribution in [0.25, 0.3) is 11.4 Å². The van der Waals surface area contributed by atoms with Crippen molar-refractivity contribution in [2.24, 2.45) is 5.73 Å². The predicted molar refractivity (Wildman–Crippen MR) is 114 cm³/mol.